The summed E-state index contributed by atoms with van der Waals surface area (Å²) in [5, 5.41) is 41.9. The highest BCUT2D eigenvalue weighted by molar-refractivity contribution is 7.74. The summed E-state index contributed by atoms with van der Waals surface area (Å²) in [6.45, 7) is -2.13. The lowest BCUT2D eigenvalue weighted by atomic mass is 10.1. The molecule has 0 spiro atoms. The molecule has 29 nitrogen and oxygen atoms in total. The fourth-order valence-electron chi connectivity index (χ4n) is 5.13. The summed E-state index contributed by atoms with van der Waals surface area (Å²) in [6, 6.07) is 0. The van der Waals surface area contributed by atoms with Crippen LogP contribution in [0.25, 0.3) is 22.3 Å². The number of imidazole rings is 2. The Bertz CT molecular complexity index is 1920. The van der Waals surface area contributed by atoms with Gasteiger partial charge in [0.15, 0.2) is 35.4 Å². The molecular weight excluding hydrogens is 808 g/mol. The zero-order valence-electron chi connectivity index (χ0n) is 26.0. The van der Waals surface area contributed by atoms with Crippen molar-refractivity contribution >= 4 is 65.9 Å². The van der Waals surface area contributed by atoms with Crippen molar-refractivity contribution < 1.29 is 90.4 Å². The Morgan fingerprint density at radius 1 is 0.660 bits per heavy atom. The number of ether oxygens (including phenoxy) is 2. The van der Waals surface area contributed by atoms with Crippen molar-refractivity contribution in [3.05, 3.63) is 25.3 Å². The standard InChI is InChI=1S/C20H28N10O19P4/c21-15-9-17(25-3-23-15)29(5-27-9)19-13(33)11(31)7(45-19)1-43-50(35,36)47-52(39,40)49-53(41,42)48-51(37,38)44-2-8-12(32)14(34)20(46-8)30-6-28-10-16(22)24-4-26-18(10)30/h3-8,11-14,19-20,31-34,39-42H,1-2H2,(H4-2,21,22,23,24,25,26,35,36,37,38)/p+2/t7-,8-,11-,12-,13-,14-,19-,20-/m1/s1. The number of aliphatic hydroxyl groups excluding tert-OH is 4. The summed E-state index contributed by atoms with van der Waals surface area (Å²) in [5.74, 6) is -0.00771. The molecule has 2 aliphatic rings. The summed E-state index contributed by atoms with van der Waals surface area (Å²) in [4.78, 5) is 83.5. The van der Waals surface area contributed by atoms with Crippen LogP contribution in [0.5, 0.6) is 0 Å². The molecule has 0 aromatic carbocycles. The largest absolute Gasteiger partial charge is 0.630 e. The van der Waals surface area contributed by atoms with Crippen LogP contribution in [0.2, 0.25) is 0 Å². The van der Waals surface area contributed by atoms with Gasteiger partial charge in [0, 0.05) is 0 Å². The molecule has 0 bridgehead atoms. The molecule has 4 aromatic rings. The molecule has 14 N–H and O–H groups in total. The number of anilines is 2. The summed E-state index contributed by atoms with van der Waals surface area (Å²) < 4.78 is 59.6. The highest BCUT2D eigenvalue weighted by Crippen LogP contribution is 2.78. The van der Waals surface area contributed by atoms with Crippen molar-refractivity contribution in [1.82, 2.24) is 39.0 Å². The first-order chi connectivity index (χ1) is 24.7. The van der Waals surface area contributed by atoms with Gasteiger partial charge < -0.3 is 51.2 Å². The van der Waals surface area contributed by atoms with Gasteiger partial charge in [-0.3, -0.25) is 18.2 Å². The van der Waals surface area contributed by atoms with Crippen LogP contribution in [0, 0.1) is 0 Å². The van der Waals surface area contributed by atoms with E-state index < -0.39 is 94.3 Å². The highest BCUT2D eigenvalue weighted by Gasteiger charge is 2.67. The van der Waals surface area contributed by atoms with E-state index in [9.17, 15) is 58.9 Å². The average Bonchev–Trinajstić information content (AvgIpc) is 3.80. The monoisotopic (exact) mass is 838 g/mol. The van der Waals surface area contributed by atoms with E-state index in [1.807, 2.05) is 0 Å². The van der Waals surface area contributed by atoms with Crippen molar-refractivity contribution in [3.63, 3.8) is 0 Å². The number of nitrogen functional groups attached to an aromatic ring is 2. The van der Waals surface area contributed by atoms with Gasteiger partial charge in [-0.1, -0.05) is 0 Å². The summed E-state index contributed by atoms with van der Waals surface area (Å²) in [5.41, 5.74) is 11.9. The van der Waals surface area contributed by atoms with E-state index in [0.29, 0.717) is 0 Å². The second-order valence-electron chi connectivity index (χ2n) is 11.0. The first-order valence-electron chi connectivity index (χ1n) is 14.3. The van der Waals surface area contributed by atoms with Crippen molar-refractivity contribution in [2.45, 2.75) is 49.1 Å². The van der Waals surface area contributed by atoms with Gasteiger partial charge in [-0.25, -0.2) is 39.0 Å². The SMILES string of the molecule is Nc1ncnc2c1ncn2[C@@H]1O[C@H](COP(=O)(O)O[P+](O)(O)O[P+](O)(O)OP(=O)(O)OC[C@H]2O[C@@H](n3cnc4c(N)ncnc43)[C@H](O)[C@@H]2O)[C@@H](O)[C@H]1O. The number of nitrogens with zero attached hydrogens (tertiary/aromatic N) is 8. The zero-order chi connectivity index (χ0) is 38.7. The van der Waals surface area contributed by atoms with Crippen LogP contribution in [-0.4, -0.2) is 139 Å². The Morgan fingerprint density at radius 2 is 1.04 bits per heavy atom. The van der Waals surface area contributed by atoms with Crippen LogP contribution in [0.3, 0.4) is 0 Å². The van der Waals surface area contributed by atoms with Crippen LogP contribution in [0.15, 0.2) is 25.3 Å². The molecule has 2 saturated heterocycles. The van der Waals surface area contributed by atoms with E-state index >= 15 is 0 Å². The Balaban J connectivity index is 1.01. The molecule has 0 saturated carbocycles. The molecule has 0 amide bonds. The van der Waals surface area contributed by atoms with E-state index in [0.717, 1.165) is 25.3 Å². The van der Waals surface area contributed by atoms with Crippen LogP contribution in [0.4, 0.5) is 11.6 Å². The molecule has 2 fully saturated rings. The number of hydrogen-bond acceptors (Lipinski definition) is 25. The molecule has 6 heterocycles. The number of aromatic nitrogens is 8. The van der Waals surface area contributed by atoms with Gasteiger partial charge in [-0.2, -0.15) is 19.6 Å². The third kappa shape index (κ3) is 8.61. The smallest absolute Gasteiger partial charge is 0.387 e. The second kappa shape index (κ2) is 14.8. The first-order valence-corrected chi connectivity index (χ1v) is 20.4. The van der Waals surface area contributed by atoms with Crippen LogP contribution in [-0.2, 0) is 40.6 Å². The normalized spacial score (nSPS) is 29.2. The molecule has 0 aliphatic carbocycles. The Morgan fingerprint density at radius 3 is 1.42 bits per heavy atom. The number of phosphoric ester groups is 2. The van der Waals surface area contributed by atoms with Crippen LogP contribution >= 0.6 is 32.0 Å². The van der Waals surface area contributed by atoms with Gasteiger partial charge in [-0.15, -0.1) is 0 Å². The van der Waals surface area contributed by atoms with Gasteiger partial charge in [0.1, 0.15) is 60.3 Å². The fourth-order valence-corrected chi connectivity index (χ4v) is 10.2. The predicted molar refractivity (Wildman–Crippen MR) is 169 cm³/mol. The third-order valence-electron chi connectivity index (χ3n) is 7.43. The van der Waals surface area contributed by atoms with Crippen LogP contribution < -0.4 is 11.5 Å². The number of aliphatic hydroxyl groups is 4. The van der Waals surface area contributed by atoms with Crippen molar-refractivity contribution in [1.29, 1.82) is 0 Å². The topological polar surface area (TPSA) is 440 Å². The zero-order valence-corrected chi connectivity index (χ0v) is 29.6. The van der Waals surface area contributed by atoms with Gasteiger partial charge in [0.25, 0.3) is 0 Å². The molecular formula is C20H30N10O19P4+2. The Labute approximate surface area is 294 Å². The Kier molecular flexibility index (Phi) is 11.2. The summed E-state index contributed by atoms with van der Waals surface area (Å²) in [7, 11) is -23.1. The minimum atomic E-state index is -5.88. The molecule has 2 unspecified atom stereocenters. The van der Waals surface area contributed by atoms with E-state index in [2.05, 4.69) is 51.9 Å². The van der Waals surface area contributed by atoms with Crippen molar-refractivity contribution in [3.8, 4) is 0 Å². The molecule has 2 aliphatic heterocycles. The molecule has 33 heteroatoms. The molecule has 292 valence electrons. The van der Waals surface area contributed by atoms with E-state index in [-0.39, 0.29) is 34.0 Å². The maximum Gasteiger partial charge on any atom is 0.630 e. The average molecular weight is 838 g/mol. The maximum absolute atomic E-state index is 12.5. The lowest BCUT2D eigenvalue weighted by Crippen LogP contribution is -2.33. The molecule has 4 aromatic heterocycles. The molecule has 10 atom stereocenters. The molecule has 53 heavy (non-hydrogen) atoms. The minimum Gasteiger partial charge on any atom is -0.387 e. The van der Waals surface area contributed by atoms with Gasteiger partial charge in [0.05, 0.1) is 30.2 Å². The first kappa shape index (κ1) is 40.0. The molecule has 0 radical (unpaired) electrons. The lowest BCUT2D eigenvalue weighted by molar-refractivity contribution is -0.0507. The number of rotatable bonds is 14. The molecule has 6 rings (SSSR count). The minimum absolute atomic E-state index is 0.00385. The maximum atomic E-state index is 12.5. The summed E-state index contributed by atoms with van der Waals surface area (Å²) >= 11 is 0. The van der Waals surface area contributed by atoms with Gasteiger partial charge in [-0.05, 0) is 8.62 Å². The van der Waals surface area contributed by atoms with E-state index in [4.69, 9.17) is 20.9 Å². The quantitative estimate of drug-likeness (QED) is 0.0553. The van der Waals surface area contributed by atoms with Gasteiger partial charge in [0.2, 0.25) is 0 Å². The number of phosphoric acid groups is 2. The number of nitrogens with two attached hydrogens (primary N) is 2. The van der Waals surface area contributed by atoms with E-state index in [1.54, 1.807) is 0 Å². The third-order valence-corrected chi connectivity index (χ3v) is 13.4. The van der Waals surface area contributed by atoms with Gasteiger partial charge >= 0.3 is 32.0 Å². The van der Waals surface area contributed by atoms with Crippen LogP contribution in [0.1, 0.15) is 12.5 Å². The second-order valence-corrected chi connectivity index (χ2v) is 17.3. The lowest BCUT2D eigenvalue weighted by Gasteiger charge is -2.18. The van der Waals surface area contributed by atoms with Crippen molar-refractivity contribution in [2.24, 2.45) is 0 Å². The highest BCUT2D eigenvalue weighted by atomic mass is 31.3. The Hall–Kier alpha value is -2.66. The summed E-state index contributed by atoms with van der Waals surface area (Å²) in [6.07, 6.45) is -8.33. The number of fused-ring (bicyclic) bond motifs is 2. The number of hydrogen-bond donors (Lipinski definition) is 12. The fraction of sp³-hybridized carbons (Fsp3) is 0.500. The van der Waals surface area contributed by atoms with E-state index in [1.165, 1.54) is 9.13 Å². The predicted octanol–water partition coefficient (Wildman–Crippen LogP) is -3.32. The van der Waals surface area contributed by atoms with Crippen molar-refractivity contribution in [2.75, 3.05) is 24.7 Å².